The molecule has 0 atom stereocenters. The van der Waals surface area contributed by atoms with E-state index in [4.69, 9.17) is 0 Å². The molecule has 194 valence electrons. The maximum atomic E-state index is 13.3. The Morgan fingerprint density at radius 3 is 2.22 bits per heavy atom. The van der Waals surface area contributed by atoms with Crippen LogP contribution < -0.4 is 9.80 Å². The largest absolute Gasteiger partial charge is 0.471 e. The number of anilines is 2. The van der Waals surface area contributed by atoms with Crippen LogP contribution in [0.1, 0.15) is 5.89 Å². The number of piperazine rings is 1. The molecule has 37 heavy (non-hydrogen) atoms. The molecular weight excluding hydrogens is 511 g/mol. The van der Waals surface area contributed by atoms with Crippen molar-refractivity contribution in [1.82, 2.24) is 24.4 Å². The second-order valence-corrected chi connectivity index (χ2v) is 10.6. The zero-order chi connectivity index (χ0) is 26.4. The van der Waals surface area contributed by atoms with Crippen molar-refractivity contribution in [2.75, 3.05) is 50.1 Å². The Hall–Kier alpha value is -3.78. The molecule has 1 aliphatic rings. The topological polar surface area (TPSA) is 109 Å². The molecule has 1 aliphatic heterocycles. The van der Waals surface area contributed by atoms with Gasteiger partial charge in [0.15, 0.2) is 0 Å². The van der Waals surface area contributed by atoms with Gasteiger partial charge in [-0.15, -0.1) is 0 Å². The van der Waals surface area contributed by atoms with Crippen LogP contribution in [0.15, 0.2) is 58.2 Å². The molecule has 3 heterocycles. The van der Waals surface area contributed by atoms with Gasteiger partial charge in [-0.2, -0.15) is 22.5 Å². The van der Waals surface area contributed by atoms with Crippen molar-refractivity contribution in [3.63, 3.8) is 0 Å². The summed E-state index contributed by atoms with van der Waals surface area (Å²) >= 11 is 0. The van der Waals surface area contributed by atoms with Gasteiger partial charge in [-0.25, -0.2) is 18.4 Å². The standard InChI is InChI=1S/C23H22F3N7O3S/c1-31(2)18-5-3-16-12-19(6-4-15(16)11-18)37(34,35)33-9-7-32(8-10-33)22-27-13-17(14-28-22)20-29-21(36-30-20)23(24,25)26/h3-6,11-14H,7-10H2,1-2H3. The normalized spacial score (nSPS) is 15.3. The molecule has 14 heteroatoms. The molecule has 0 aliphatic carbocycles. The third kappa shape index (κ3) is 4.93. The van der Waals surface area contributed by atoms with E-state index in [-0.39, 0.29) is 29.4 Å². The van der Waals surface area contributed by atoms with Gasteiger partial charge in [0.1, 0.15) is 0 Å². The molecule has 4 aromatic rings. The lowest BCUT2D eigenvalue weighted by Crippen LogP contribution is -2.49. The van der Waals surface area contributed by atoms with Crippen molar-refractivity contribution in [1.29, 1.82) is 0 Å². The van der Waals surface area contributed by atoms with Gasteiger partial charge in [0.05, 0.1) is 10.5 Å². The van der Waals surface area contributed by atoms with Crippen LogP contribution in [0.25, 0.3) is 22.2 Å². The number of rotatable bonds is 5. The Labute approximate surface area is 210 Å². The summed E-state index contributed by atoms with van der Waals surface area (Å²) in [5.41, 5.74) is 1.19. The molecule has 0 saturated carbocycles. The van der Waals surface area contributed by atoms with E-state index in [2.05, 4.69) is 24.6 Å². The van der Waals surface area contributed by atoms with E-state index < -0.39 is 22.1 Å². The molecule has 2 aromatic heterocycles. The van der Waals surface area contributed by atoms with Crippen LogP contribution in [-0.2, 0) is 16.2 Å². The summed E-state index contributed by atoms with van der Waals surface area (Å²) in [5, 5.41) is 5.10. The first kappa shape index (κ1) is 24.9. The number of benzene rings is 2. The summed E-state index contributed by atoms with van der Waals surface area (Å²) in [6.07, 6.45) is -2.14. The molecule has 0 unspecified atom stereocenters. The average Bonchev–Trinajstić information content (AvgIpc) is 3.39. The number of sulfonamides is 1. The minimum absolute atomic E-state index is 0.165. The van der Waals surface area contributed by atoms with E-state index in [1.807, 2.05) is 43.3 Å². The smallest absolute Gasteiger partial charge is 0.378 e. The maximum absolute atomic E-state index is 13.3. The van der Waals surface area contributed by atoms with Crippen molar-refractivity contribution in [2.24, 2.45) is 0 Å². The van der Waals surface area contributed by atoms with Crippen molar-refractivity contribution in [3.8, 4) is 11.4 Å². The highest BCUT2D eigenvalue weighted by Crippen LogP contribution is 2.30. The molecule has 0 radical (unpaired) electrons. The van der Waals surface area contributed by atoms with Gasteiger partial charge in [0.25, 0.3) is 0 Å². The summed E-state index contributed by atoms with van der Waals surface area (Å²) in [4.78, 5) is 15.7. The van der Waals surface area contributed by atoms with E-state index in [9.17, 15) is 21.6 Å². The SMILES string of the molecule is CN(C)c1ccc2cc(S(=O)(=O)N3CCN(c4ncc(-c5noc(C(F)(F)F)n5)cn4)CC3)ccc2c1. The van der Waals surface area contributed by atoms with Crippen molar-refractivity contribution in [3.05, 3.63) is 54.7 Å². The van der Waals surface area contributed by atoms with E-state index in [0.717, 1.165) is 16.5 Å². The molecule has 0 bridgehead atoms. The van der Waals surface area contributed by atoms with Gasteiger partial charge in [-0.05, 0) is 35.0 Å². The fraction of sp³-hybridized carbons (Fsp3) is 0.304. The lowest BCUT2D eigenvalue weighted by molar-refractivity contribution is -0.159. The van der Waals surface area contributed by atoms with Crippen LogP contribution in [0.5, 0.6) is 0 Å². The summed E-state index contributed by atoms with van der Waals surface area (Å²) in [7, 11) is 0.187. The first-order valence-corrected chi connectivity index (χ1v) is 12.7. The van der Waals surface area contributed by atoms with Crippen LogP contribution >= 0.6 is 0 Å². The minimum Gasteiger partial charge on any atom is -0.378 e. The van der Waals surface area contributed by atoms with E-state index >= 15 is 0 Å². The lowest BCUT2D eigenvalue weighted by atomic mass is 10.1. The first-order valence-electron chi connectivity index (χ1n) is 11.2. The van der Waals surface area contributed by atoms with Gasteiger partial charge in [0, 0.05) is 58.4 Å². The summed E-state index contributed by atoms with van der Waals surface area (Å²) in [6, 6.07) is 11.0. The third-order valence-electron chi connectivity index (χ3n) is 6.04. The number of halogens is 3. The van der Waals surface area contributed by atoms with Gasteiger partial charge >= 0.3 is 12.1 Å². The van der Waals surface area contributed by atoms with Gasteiger partial charge in [-0.3, -0.25) is 0 Å². The van der Waals surface area contributed by atoms with Gasteiger partial charge in [0.2, 0.25) is 21.8 Å². The molecule has 0 amide bonds. The van der Waals surface area contributed by atoms with Crippen LogP contribution in [-0.4, -0.2) is 73.1 Å². The molecule has 5 rings (SSSR count). The predicted octanol–water partition coefficient (Wildman–Crippen LogP) is 3.28. The molecule has 0 N–H and O–H groups in total. The van der Waals surface area contributed by atoms with Gasteiger partial charge in [-0.1, -0.05) is 17.3 Å². The zero-order valence-electron chi connectivity index (χ0n) is 19.8. The Morgan fingerprint density at radius 1 is 0.946 bits per heavy atom. The molecule has 1 saturated heterocycles. The predicted molar refractivity (Wildman–Crippen MR) is 130 cm³/mol. The number of alkyl halides is 3. The molecular formula is C23H22F3N7O3S. The Bertz CT molecular complexity index is 1530. The number of hydrogen-bond acceptors (Lipinski definition) is 9. The molecule has 10 nitrogen and oxygen atoms in total. The highest BCUT2D eigenvalue weighted by atomic mass is 32.2. The quantitative estimate of drug-likeness (QED) is 0.382. The zero-order valence-corrected chi connectivity index (χ0v) is 20.7. The fourth-order valence-corrected chi connectivity index (χ4v) is 5.44. The number of nitrogens with zero attached hydrogens (tertiary/aromatic N) is 7. The molecule has 2 aromatic carbocycles. The van der Waals surface area contributed by atoms with Crippen molar-refractivity contribution >= 4 is 32.4 Å². The summed E-state index contributed by atoms with van der Waals surface area (Å²) < 4.78 is 70.3. The Balaban J connectivity index is 1.26. The molecule has 0 spiro atoms. The van der Waals surface area contributed by atoms with Crippen LogP contribution in [0, 0.1) is 0 Å². The number of aromatic nitrogens is 4. The second-order valence-electron chi connectivity index (χ2n) is 8.67. The first-order chi connectivity index (χ1) is 17.5. The minimum atomic E-state index is -4.74. The van der Waals surface area contributed by atoms with E-state index in [1.54, 1.807) is 17.0 Å². The third-order valence-corrected chi connectivity index (χ3v) is 7.93. The maximum Gasteiger partial charge on any atom is 0.471 e. The Kier molecular flexibility index (Phi) is 6.23. The average molecular weight is 534 g/mol. The Morgan fingerprint density at radius 2 is 1.59 bits per heavy atom. The van der Waals surface area contributed by atoms with E-state index in [1.165, 1.54) is 16.7 Å². The summed E-state index contributed by atoms with van der Waals surface area (Å²) in [5.74, 6) is -1.40. The lowest BCUT2D eigenvalue weighted by Gasteiger charge is -2.34. The van der Waals surface area contributed by atoms with Crippen molar-refractivity contribution < 1.29 is 26.1 Å². The number of fused-ring (bicyclic) bond motifs is 1. The summed E-state index contributed by atoms with van der Waals surface area (Å²) in [6.45, 7) is 1.15. The highest BCUT2D eigenvalue weighted by Gasteiger charge is 2.38. The van der Waals surface area contributed by atoms with Crippen LogP contribution in [0.3, 0.4) is 0 Å². The van der Waals surface area contributed by atoms with E-state index in [0.29, 0.717) is 19.0 Å². The highest BCUT2D eigenvalue weighted by molar-refractivity contribution is 7.89. The number of hydrogen-bond donors (Lipinski definition) is 0. The van der Waals surface area contributed by atoms with Gasteiger partial charge < -0.3 is 14.3 Å². The molecule has 1 fully saturated rings. The van der Waals surface area contributed by atoms with Crippen LogP contribution in [0.4, 0.5) is 24.8 Å². The monoisotopic (exact) mass is 533 g/mol. The second kappa shape index (κ2) is 9.27. The van der Waals surface area contributed by atoms with Crippen LogP contribution in [0.2, 0.25) is 0 Å². The fourth-order valence-electron chi connectivity index (χ4n) is 3.98. The van der Waals surface area contributed by atoms with Crippen molar-refractivity contribution in [2.45, 2.75) is 11.1 Å².